The molecule has 0 atom stereocenters. The van der Waals surface area contributed by atoms with Gasteiger partial charge in [-0.15, -0.1) is 0 Å². The Morgan fingerprint density at radius 2 is 0.391 bits per heavy atom. The van der Waals surface area contributed by atoms with Gasteiger partial charge in [0.2, 0.25) is 0 Å². The van der Waals surface area contributed by atoms with Crippen LogP contribution in [0.25, 0.3) is 190 Å². The van der Waals surface area contributed by atoms with Crippen LogP contribution in [0.2, 0.25) is 0 Å². The molecular weight excluding hydrogens is 1340 g/mol. The average Bonchev–Trinajstić information content (AvgIpc) is 1.58. The van der Waals surface area contributed by atoms with Gasteiger partial charge < -0.3 is 9.13 Å². The lowest BCUT2D eigenvalue weighted by Gasteiger charge is -2.12. The van der Waals surface area contributed by atoms with E-state index in [-0.39, 0.29) is 0 Å². The van der Waals surface area contributed by atoms with Gasteiger partial charge in [-0.2, -0.15) is 0 Å². The minimum absolute atomic E-state index is 0.633. The Morgan fingerprint density at radius 3 is 0.764 bits per heavy atom. The number of aromatic nitrogens is 8. The van der Waals surface area contributed by atoms with Crippen LogP contribution in [0.3, 0.4) is 0 Å². The molecule has 8 nitrogen and oxygen atoms in total. The highest BCUT2D eigenvalue weighted by Gasteiger charge is 2.22. The third-order valence-electron chi connectivity index (χ3n) is 20.5. The molecule has 0 radical (unpaired) electrons. The summed E-state index contributed by atoms with van der Waals surface area (Å²) in [6.45, 7) is 0. The largest absolute Gasteiger partial charge is 0.309 e. The minimum Gasteiger partial charge on any atom is -0.309 e. The van der Waals surface area contributed by atoms with Crippen LogP contribution in [0.5, 0.6) is 0 Å². The standard InChI is InChI=1S/2C51H34N4/c1-5-16-35(17-6-1)40-30-31-46-45(34-40)48-44(28-15-29-47(48)55(46)43-26-11-4-12-27-43)41-24-13-22-38(32-41)39-23-14-25-42(33-39)51-53-49(36-18-7-2-8-19-36)52-50(54-51)37-20-9-3-10-21-37;1-5-16-35(17-6-1)39-24-14-27-43(33-39)55-46-31-30-40(36-18-7-2-8-19-36)34-45(46)48-44(28-15-29-47(48)55)41-25-13-26-42(32-41)51-53-49(37-20-9-3-10-21-37)52-50(54-51)38-22-11-4-12-23-38/h2*1-34H. The van der Waals surface area contributed by atoms with E-state index >= 15 is 0 Å². The Morgan fingerprint density at radius 1 is 0.145 bits per heavy atom. The van der Waals surface area contributed by atoms with Crippen LogP contribution >= 0.6 is 0 Å². The van der Waals surface area contributed by atoms with Crippen molar-refractivity contribution < 1.29 is 0 Å². The summed E-state index contributed by atoms with van der Waals surface area (Å²) in [7, 11) is 0. The van der Waals surface area contributed by atoms with Crippen LogP contribution in [0.1, 0.15) is 0 Å². The summed E-state index contributed by atoms with van der Waals surface area (Å²) in [4.78, 5) is 29.9. The van der Waals surface area contributed by atoms with E-state index in [0.717, 1.165) is 83.6 Å². The van der Waals surface area contributed by atoms with Gasteiger partial charge in [-0.25, -0.2) is 29.9 Å². The molecule has 0 N–H and O–H groups in total. The van der Waals surface area contributed by atoms with Crippen LogP contribution in [-0.2, 0) is 0 Å². The first-order valence-corrected chi connectivity index (χ1v) is 37.1. The predicted octanol–water partition coefficient (Wildman–Crippen LogP) is 25.9. The van der Waals surface area contributed by atoms with Crippen molar-refractivity contribution in [3.63, 3.8) is 0 Å². The molecule has 516 valence electrons. The second-order valence-corrected chi connectivity index (χ2v) is 27.3. The lowest BCUT2D eigenvalue weighted by atomic mass is 9.94. The maximum absolute atomic E-state index is 5.04. The molecule has 20 aromatic rings. The normalized spacial score (nSPS) is 11.3. The number of hydrogen-bond acceptors (Lipinski definition) is 6. The SMILES string of the molecule is c1ccc(-c2ccc3c(c2)c2c(-c4cccc(-c5cccc(-c6nc(-c7ccccc7)nc(-c7ccccc7)n6)c5)c4)cccc2n3-c2ccccc2)cc1.c1ccc(-c2cccc(-n3c4ccc(-c5ccccc5)cc4c4c(-c5cccc(-c6nc(-c7ccccc7)nc(-c7ccccc7)n6)c5)cccc43)c2)cc1. The number of rotatable bonds is 14. The molecule has 110 heavy (non-hydrogen) atoms. The summed E-state index contributed by atoms with van der Waals surface area (Å²) in [5.41, 5.74) is 26.5. The monoisotopic (exact) mass is 1400 g/mol. The molecule has 0 saturated heterocycles. The first-order chi connectivity index (χ1) is 54.5. The van der Waals surface area contributed by atoms with Crippen molar-refractivity contribution in [2.75, 3.05) is 0 Å². The van der Waals surface area contributed by atoms with E-state index in [2.05, 4.69) is 300 Å². The Bertz CT molecular complexity index is 6610. The molecule has 0 bridgehead atoms. The van der Waals surface area contributed by atoms with Gasteiger partial charge in [-0.05, 0) is 146 Å². The second-order valence-electron chi connectivity index (χ2n) is 27.3. The van der Waals surface area contributed by atoms with E-state index in [4.69, 9.17) is 29.9 Å². The number of para-hydroxylation sites is 1. The fourth-order valence-corrected chi connectivity index (χ4v) is 15.2. The molecule has 0 saturated carbocycles. The fourth-order valence-electron chi connectivity index (χ4n) is 15.2. The van der Waals surface area contributed by atoms with Crippen LogP contribution in [0.15, 0.2) is 413 Å². The molecule has 8 heteroatoms. The van der Waals surface area contributed by atoms with Crippen molar-refractivity contribution in [1.29, 1.82) is 0 Å². The van der Waals surface area contributed by atoms with Gasteiger partial charge in [0.15, 0.2) is 34.9 Å². The topological polar surface area (TPSA) is 87.2 Å². The van der Waals surface area contributed by atoms with E-state index in [1.165, 1.54) is 71.5 Å². The zero-order valence-corrected chi connectivity index (χ0v) is 59.8. The Balaban J connectivity index is 0.000000149. The van der Waals surface area contributed by atoms with Crippen LogP contribution in [0, 0.1) is 0 Å². The number of hydrogen-bond donors (Lipinski definition) is 0. The first-order valence-electron chi connectivity index (χ1n) is 37.1. The molecule has 0 aliphatic carbocycles. The summed E-state index contributed by atoms with van der Waals surface area (Å²) in [6.07, 6.45) is 0. The molecule has 20 rings (SSSR count). The smallest absolute Gasteiger partial charge is 0.164 e. The van der Waals surface area contributed by atoms with Crippen molar-refractivity contribution in [2.45, 2.75) is 0 Å². The first kappa shape index (κ1) is 65.9. The molecule has 0 unspecified atom stereocenters. The molecule has 0 amide bonds. The highest BCUT2D eigenvalue weighted by molar-refractivity contribution is 6.18. The maximum Gasteiger partial charge on any atom is 0.164 e. The van der Waals surface area contributed by atoms with Gasteiger partial charge in [0.25, 0.3) is 0 Å². The van der Waals surface area contributed by atoms with Crippen LogP contribution in [0.4, 0.5) is 0 Å². The maximum atomic E-state index is 5.04. The van der Waals surface area contributed by atoms with Gasteiger partial charge in [0.05, 0.1) is 22.1 Å². The zero-order valence-electron chi connectivity index (χ0n) is 59.8. The quantitative estimate of drug-likeness (QED) is 0.108. The van der Waals surface area contributed by atoms with Gasteiger partial charge >= 0.3 is 0 Å². The number of nitrogens with zero attached hydrogens (tertiary/aromatic N) is 8. The van der Waals surface area contributed by atoms with Gasteiger partial charge in [-0.3, -0.25) is 0 Å². The van der Waals surface area contributed by atoms with E-state index < -0.39 is 0 Å². The van der Waals surface area contributed by atoms with E-state index in [0.29, 0.717) is 34.9 Å². The third-order valence-corrected chi connectivity index (χ3v) is 20.5. The zero-order chi connectivity index (χ0) is 73.1. The lowest BCUT2D eigenvalue weighted by Crippen LogP contribution is -2.00. The molecule has 4 aromatic heterocycles. The Kier molecular flexibility index (Phi) is 17.5. The second kappa shape index (κ2) is 29.2. The van der Waals surface area contributed by atoms with Crippen molar-refractivity contribution in [2.24, 2.45) is 0 Å². The fraction of sp³-hybridized carbons (Fsp3) is 0. The highest BCUT2D eigenvalue weighted by Crippen LogP contribution is 2.44. The molecule has 0 aliphatic rings. The van der Waals surface area contributed by atoms with E-state index in [1.54, 1.807) is 0 Å². The molecule has 0 aliphatic heterocycles. The molecule has 0 fully saturated rings. The van der Waals surface area contributed by atoms with Crippen molar-refractivity contribution in [3.05, 3.63) is 413 Å². The van der Waals surface area contributed by atoms with Gasteiger partial charge in [-0.1, -0.05) is 334 Å². The molecule has 4 heterocycles. The summed E-state index contributed by atoms with van der Waals surface area (Å²) in [5, 5.41) is 4.85. The number of benzene rings is 16. The summed E-state index contributed by atoms with van der Waals surface area (Å²) in [5.74, 6) is 3.86. The number of fused-ring (bicyclic) bond motifs is 6. The molecule has 16 aromatic carbocycles. The van der Waals surface area contributed by atoms with Gasteiger partial charge in [0.1, 0.15) is 0 Å². The van der Waals surface area contributed by atoms with Crippen LogP contribution < -0.4 is 0 Å². The van der Waals surface area contributed by atoms with Crippen molar-refractivity contribution in [1.82, 2.24) is 39.0 Å². The summed E-state index contributed by atoms with van der Waals surface area (Å²) in [6, 6.07) is 145. The minimum atomic E-state index is 0.633. The van der Waals surface area contributed by atoms with Crippen molar-refractivity contribution in [3.8, 4) is 146 Å². The Labute approximate surface area is 637 Å². The lowest BCUT2D eigenvalue weighted by molar-refractivity contribution is 1.07. The molecular formula is C102H68N8. The van der Waals surface area contributed by atoms with E-state index in [9.17, 15) is 0 Å². The van der Waals surface area contributed by atoms with Gasteiger partial charge in [0, 0.05) is 66.3 Å². The molecule has 0 spiro atoms. The summed E-state index contributed by atoms with van der Waals surface area (Å²) < 4.78 is 4.79. The van der Waals surface area contributed by atoms with Crippen LogP contribution in [-0.4, -0.2) is 39.0 Å². The summed E-state index contributed by atoms with van der Waals surface area (Å²) >= 11 is 0. The Hall–Kier alpha value is -14.9. The predicted molar refractivity (Wildman–Crippen MR) is 454 cm³/mol. The van der Waals surface area contributed by atoms with E-state index in [1.807, 2.05) is 121 Å². The van der Waals surface area contributed by atoms with Crippen molar-refractivity contribution >= 4 is 43.6 Å². The highest BCUT2D eigenvalue weighted by atomic mass is 15.0. The average molecular weight is 1410 g/mol. The third kappa shape index (κ3) is 12.9.